The topological polar surface area (TPSA) is 143 Å². The molecule has 0 spiro atoms. The van der Waals surface area contributed by atoms with E-state index in [2.05, 4.69) is 0 Å². The molecule has 0 N–H and O–H groups in total. The molecule has 0 aliphatic carbocycles. The standard InChI is InChI=1S/C35H42N2O8S4/c1-7-8-9-35(37(48(42,43)33-22-14-28(4)15-23-33)49(44,45)34-24-16-29(5)17-25-34)30(6)36(46(38,39)31-18-10-26(2)11-19-31)47(40,41)32-20-12-27(3)13-21-32/h10-25,30,35H,7-9H2,1-6H3/t30-,35+/m1/s1. The molecule has 0 amide bonds. The second-order valence-electron chi connectivity index (χ2n) is 12.2. The van der Waals surface area contributed by atoms with Crippen LogP contribution in [0.25, 0.3) is 0 Å². The van der Waals surface area contributed by atoms with Gasteiger partial charge in [0, 0.05) is 0 Å². The summed E-state index contributed by atoms with van der Waals surface area (Å²) in [7, 11) is -19.8. The average molecular weight is 747 g/mol. The van der Waals surface area contributed by atoms with Gasteiger partial charge in [-0.05, 0) is 89.6 Å². The van der Waals surface area contributed by atoms with Gasteiger partial charge in [-0.3, -0.25) is 0 Å². The van der Waals surface area contributed by atoms with Crippen molar-refractivity contribution in [3.05, 3.63) is 119 Å². The van der Waals surface area contributed by atoms with Crippen LogP contribution in [-0.2, 0) is 40.1 Å². The zero-order valence-electron chi connectivity index (χ0n) is 28.3. The van der Waals surface area contributed by atoms with Crippen molar-refractivity contribution in [3.8, 4) is 0 Å². The van der Waals surface area contributed by atoms with Gasteiger partial charge in [-0.1, -0.05) is 98.0 Å². The van der Waals surface area contributed by atoms with Gasteiger partial charge in [0.15, 0.2) is 0 Å². The summed E-state index contributed by atoms with van der Waals surface area (Å²) in [4.78, 5) is -1.41. The minimum atomic E-state index is -4.94. The van der Waals surface area contributed by atoms with Crippen LogP contribution in [0.5, 0.6) is 0 Å². The normalized spacial score (nSPS) is 14.2. The molecule has 0 radical (unpaired) electrons. The SMILES string of the molecule is CCCC[C@@H]([C@@H](C)N(S(=O)(=O)c1ccc(C)cc1)S(=O)(=O)c1ccc(C)cc1)N(S(=O)(=O)c1ccc(C)cc1)S(=O)(=O)c1ccc(C)cc1. The van der Waals surface area contributed by atoms with Crippen LogP contribution < -0.4 is 0 Å². The summed E-state index contributed by atoms with van der Waals surface area (Å²) >= 11 is 0. The van der Waals surface area contributed by atoms with Crippen LogP contribution in [0.2, 0.25) is 0 Å². The molecule has 0 bridgehead atoms. The van der Waals surface area contributed by atoms with Gasteiger partial charge in [-0.15, -0.1) is 0 Å². The fourth-order valence-electron chi connectivity index (χ4n) is 5.39. The van der Waals surface area contributed by atoms with E-state index in [0.29, 0.717) is 10.1 Å². The second-order valence-corrected chi connectivity index (χ2v) is 19.9. The third kappa shape index (κ3) is 8.00. The molecule has 0 aromatic heterocycles. The van der Waals surface area contributed by atoms with Crippen LogP contribution in [0, 0.1) is 27.7 Å². The Balaban J connectivity index is 2.07. The van der Waals surface area contributed by atoms with E-state index in [4.69, 9.17) is 0 Å². The van der Waals surface area contributed by atoms with Gasteiger partial charge in [0.05, 0.1) is 31.7 Å². The molecule has 0 aliphatic rings. The molecule has 0 unspecified atom stereocenters. The van der Waals surface area contributed by atoms with E-state index < -0.39 is 52.2 Å². The number of hydrogen-bond donors (Lipinski definition) is 0. The van der Waals surface area contributed by atoms with Crippen LogP contribution in [0.3, 0.4) is 0 Å². The van der Waals surface area contributed by atoms with Gasteiger partial charge in [-0.25, -0.2) is 33.7 Å². The van der Waals surface area contributed by atoms with Crippen LogP contribution in [0.4, 0.5) is 0 Å². The third-order valence-corrected chi connectivity index (χ3v) is 17.2. The highest BCUT2D eigenvalue weighted by Crippen LogP contribution is 2.36. The summed E-state index contributed by atoms with van der Waals surface area (Å²) in [6.45, 7) is 10.0. The molecular formula is C35H42N2O8S4. The highest BCUT2D eigenvalue weighted by atomic mass is 32.3. The van der Waals surface area contributed by atoms with Crippen LogP contribution in [-0.4, -0.2) is 53.2 Å². The van der Waals surface area contributed by atoms with Gasteiger partial charge in [-0.2, -0.15) is 0 Å². The monoisotopic (exact) mass is 746 g/mol. The number of sulfonamides is 4. The molecule has 4 aromatic carbocycles. The number of unbranched alkanes of at least 4 members (excludes halogenated alkanes) is 1. The highest BCUT2D eigenvalue weighted by molar-refractivity contribution is 8.04. The maximum Gasteiger partial charge on any atom is 0.256 e. The number of nitrogens with zero attached hydrogens (tertiary/aromatic N) is 2. The van der Waals surface area contributed by atoms with Crippen molar-refractivity contribution >= 4 is 40.1 Å². The Kier molecular flexibility index (Phi) is 11.6. The van der Waals surface area contributed by atoms with E-state index in [9.17, 15) is 33.7 Å². The van der Waals surface area contributed by atoms with E-state index in [0.717, 1.165) is 22.3 Å². The second kappa shape index (κ2) is 14.8. The number of hydrogen-bond acceptors (Lipinski definition) is 8. The molecule has 0 saturated carbocycles. The molecule has 0 aliphatic heterocycles. The molecule has 264 valence electrons. The fourth-order valence-corrected chi connectivity index (χ4v) is 13.7. The zero-order valence-corrected chi connectivity index (χ0v) is 31.6. The van der Waals surface area contributed by atoms with Crippen molar-refractivity contribution in [2.24, 2.45) is 0 Å². The molecule has 0 heterocycles. The van der Waals surface area contributed by atoms with Crippen molar-refractivity contribution in [1.29, 1.82) is 0 Å². The molecular weight excluding hydrogens is 705 g/mol. The van der Waals surface area contributed by atoms with Crippen molar-refractivity contribution in [3.63, 3.8) is 0 Å². The highest BCUT2D eigenvalue weighted by Gasteiger charge is 2.50. The van der Waals surface area contributed by atoms with Crippen LogP contribution >= 0.6 is 0 Å². The first-order chi connectivity index (χ1) is 22.8. The molecule has 0 saturated heterocycles. The Labute approximate surface area is 291 Å². The van der Waals surface area contributed by atoms with E-state index >= 15 is 0 Å². The minimum Gasteiger partial charge on any atom is -0.206 e. The first-order valence-electron chi connectivity index (χ1n) is 15.7. The summed E-state index contributed by atoms with van der Waals surface area (Å²) in [6, 6.07) is 18.8. The predicted octanol–water partition coefficient (Wildman–Crippen LogP) is 6.33. The average Bonchev–Trinajstić information content (AvgIpc) is 3.03. The van der Waals surface area contributed by atoms with Gasteiger partial charge < -0.3 is 0 Å². The van der Waals surface area contributed by atoms with Gasteiger partial charge in [0.1, 0.15) is 0 Å². The lowest BCUT2D eigenvalue weighted by Crippen LogP contribution is -2.57. The molecule has 49 heavy (non-hydrogen) atoms. The Morgan fingerprint density at radius 1 is 0.449 bits per heavy atom. The Morgan fingerprint density at radius 3 is 0.939 bits per heavy atom. The molecule has 14 heteroatoms. The fraction of sp³-hybridized carbons (Fsp3) is 0.314. The third-order valence-electron chi connectivity index (χ3n) is 8.24. The van der Waals surface area contributed by atoms with Gasteiger partial charge in [0.25, 0.3) is 40.1 Å². The van der Waals surface area contributed by atoms with Crippen LogP contribution in [0.15, 0.2) is 117 Å². The summed E-state index contributed by atoms with van der Waals surface area (Å²) in [5.74, 6) is 0. The lowest BCUT2D eigenvalue weighted by Gasteiger charge is -2.38. The summed E-state index contributed by atoms with van der Waals surface area (Å²) in [5.41, 5.74) is 2.89. The molecule has 0 fully saturated rings. The Morgan fingerprint density at radius 2 is 0.694 bits per heavy atom. The van der Waals surface area contributed by atoms with E-state index in [1.54, 1.807) is 34.6 Å². The lowest BCUT2D eigenvalue weighted by atomic mass is 10.1. The Hall–Kier alpha value is -3.40. The van der Waals surface area contributed by atoms with Crippen molar-refractivity contribution in [2.45, 2.75) is 92.5 Å². The minimum absolute atomic E-state index is 0.183. The van der Waals surface area contributed by atoms with E-state index in [1.165, 1.54) is 104 Å². The number of rotatable bonds is 14. The van der Waals surface area contributed by atoms with Crippen LogP contribution in [0.1, 0.15) is 55.4 Å². The van der Waals surface area contributed by atoms with E-state index in [-0.39, 0.29) is 36.1 Å². The zero-order chi connectivity index (χ0) is 36.4. The molecule has 4 aromatic rings. The quantitative estimate of drug-likeness (QED) is 0.146. The summed E-state index contributed by atoms with van der Waals surface area (Å²) < 4.78 is 117. The summed E-state index contributed by atoms with van der Waals surface area (Å²) in [6.07, 6.45) is 0.542. The number of benzene rings is 4. The largest absolute Gasteiger partial charge is 0.256 e. The van der Waals surface area contributed by atoms with Crippen molar-refractivity contribution in [1.82, 2.24) is 7.42 Å². The Bertz CT molecular complexity index is 2050. The predicted molar refractivity (Wildman–Crippen MR) is 190 cm³/mol. The van der Waals surface area contributed by atoms with Crippen molar-refractivity contribution < 1.29 is 33.7 Å². The van der Waals surface area contributed by atoms with Gasteiger partial charge >= 0.3 is 0 Å². The smallest absolute Gasteiger partial charge is 0.206 e. The lowest BCUT2D eigenvalue weighted by molar-refractivity contribution is 0.289. The first kappa shape index (κ1) is 38.4. The van der Waals surface area contributed by atoms with Gasteiger partial charge in [0.2, 0.25) is 0 Å². The first-order valence-corrected chi connectivity index (χ1v) is 21.5. The van der Waals surface area contributed by atoms with E-state index in [1.807, 2.05) is 0 Å². The van der Waals surface area contributed by atoms with Crippen molar-refractivity contribution in [2.75, 3.05) is 0 Å². The molecule has 2 atom stereocenters. The molecule has 4 rings (SSSR count). The molecule has 10 nitrogen and oxygen atoms in total. The maximum atomic E-state index is 14.6. The maximum absolute atomic E-state index is 14.6. The summed E-state index contributed by atoms with van der Waals surface area (Å²) in [5, 5.41) is 0. The number of aryl methyl sites for hydroxylation is 4.